The lowest BCUT2D eigenvalue weighted by Crippen LogP contribution is -2.14. The van der Waals surface area contributed by atoms with E-state index in [9.17, 15) is 0 Å². The summed E-state index contributed by atoms with van der Waals surface area (Å²) in [7, 11) is 0. The van der Waals surface area contributed by atoms with Crippen molar-refractivity contribution >= 4 is 23.1 Å². The molecule has 1 aromatic rings. The summed E-state index contributed by atoms with van der Waals surface area (Å²) >= 11 is 3.88. The minimum atomic E-state index is 0.473. The summed E-state index contributed by atoms with van der Waals surface area (Å²) in [5.41, 5.74) is 5.85. The first-order chi connectivity index (χ1) is 7.04. The second kappa shape index (κ2) is 5.92. The van der Waals surface area contributed by atoms with Crippen LogP contribution in [0, 0.1) is 12.8 Å². The van der Waals surface area contributed by atoms with Crippen LogP contribution in [-0.2, 0) is 0 Å². The fourth-order valence-corrected chi connectivity index (χ4v) is 3.62. The molecule has 1 heterocycles. The molecule has 15 heavy (non-hydrogen) atoms. The van der Waals surface area contributed by atoms with Gasteiger partial charge in [0.1, 0.15) is 0 Å². The Balaban J connectivity index is 2.64. The van der Waals surface area contributed by atoms with Crippen molar-refractivity contribution in [2.24, 2.45) is 11.7 Å². The van der Waals surface area contributed by atoms with Crippen molar-refractivity contribution in [1.82, 2.24) is 0 Å². The predicted octanol–water partition coefficient (Wildman–Crippen LogP) is 3.83. The van der Waals surface area contributed by atoms with Crippen LogP contribution in [0.15, 0.2) is 12.1 Å². The van der Waals surface area contributed by atoms with Crippen LogP contribution in [0.3, 0.4) is 0 Å². The van der Waals surface area contributed by atoms with Crippen LogP contribution in [0.25, 0.3) is 0 Å². The Kier molecular flexibility index (Phi) is 5.16. The van der Waals surface area contributed by atoms with Crippen molar-refractivity contribution in [2.75, 3.05) is 6.54 Å². The van der Waals surface area contributed by atoms with Crippen molar-refractivity contribution in [3.8, 4) is 0 Å². The van der Waals surface area contributed by atoms with Crippen LogP contribution in [-0.4, -0.2) is 11.8 Å². The van der Waals surface area contributed by atoms with E-state index in [-0.39, 0.29) is 0 Å². The highest BCUT2D eigenvalue weighted by molar-refractivity contribution is 8.00. The van der Waals surface area contributed by atoms with E-state index in [1.54, 1.807) is 0 Å². The van der Waals surface area contributed by atoms with Gasteiger partial charge < -0.3 is 5.73 Å². The molecule has 3 heteroatoms. The molecule has 0 aliphatic heterocycles. The fraction of sp³-hybridized carbons (Fsp3) is 0.667. The second-order valence-corrected chi connectivity index (χ2v) is 7.16. The van der Waals surface area contributed by atoms with Crippen LogP contribution in [0.1, 0.15) is 35.8 Å². The third-order valence-corrected chi connectivity index (χ3v) is 5.62. The van der Waals surface area contributed by atoms with E-state index in [0.717, 1.165) is 6.54 Å². The van der Waals surface area contributed by atoms with Crippen molar-refractivity contribution in [3.05, 3.63) is 21.9 Å². The number of thiophene rings is 1. The summed E-state index contributed by atoms with van der Waals surface area (Å²) in [6.45, 7) is 9.72. The van der Waals surface area contributed by atoms with Crippen LogP contribution >= 0.6 is 23.1 Å². The van der Waals surface area contributed by atoms with Gasteiger partial charge in [-0.15, -0.1) is 23.1 Å². The van der Waals surface area contributed by atoms with E-state index in [1.807, 2.05) is 23.1 Å². The smallest absolute Gasteiger partial charge is 0.0516 e. The van der Waals surface area contributed by atoms with Crippen molar-refractivity contribution in [2.45, 2.75) is 38.2 Å². The molecule has 2 atom stereocenters. The lowest BCUT2D eigenvalue weighted by molar-refractivity contribution is 0.639. The topological polar surface area (TPSA) is 26.0 Å². The third kappa shape index (κ3) is 3.82. The summed E-state index contributed by atoms with van der Waals surface area (Å²) in [6.07, 6.45) is 0. The standard InChI is InChI=1S/C12H21NS2/c1-8(2)10(4)15-12(7-13)11-6-5-9(3)14-11/h5-6,8,10,12H,7,13H2,1-4H3. The van der Waals surface area contributed by atoms with Gasteiger partial charge in [-0.1, -0.05) is 20.8 Å². The third-order valence-electron chi connectivity index (χ3n) is 2.61. The van der Waals surface area contributed by atoms with Gasteiger partial charge in [0.25, 0.3) is 0 Å². The molecule has 0 bridgehead atoms. The fourth-order valence-electron chi connectivity index (χ4n) is 1.28. The Labute approximate surface area is 101 Å². The van der Waals surface area contributed by atoms with Crippen LogP contribution in [0.5, 0.6) is 0 Å². The molecule has 1 nitrogen and oxygen atoms in total. The molecule has 0 fully saturated rings. The molecular formula is C12H21NS2. The Morgan fingerprint density at radius 1 is 1.33 bits per heavy atom. The molecule has 86 valence electrons. The van der Waals surface area contributed by atoms with Gasteiger partial charge in [0.05, 0.1) is 5.25 Å². The molecule has 0 aliphatic rings. The number of aryl methyl sites for hydroxylation is 1. The van der Waals surface area contributed by atoms with Gasteiger partial charge in [0, 0.05) is 21.5 Å². The zero-order valence-electron chi connectivity index (χ0n) is 9.99. The molecule has 0 saturated heterocycles. The first kappa shape index (κ1) is 13.1. The number of rotatable bonds is 5. The maximum Gasteiger partial charge on any atom is 0.0516 e. The van der Waals surface area contributed by atoms with Gasteiger partial charge in [0.2, 0.25) is 0 Å². The van der Waals surface area contributed by atoms with Crippen molar-refractivity contribution in [3.63, 3.8) is 0 Å². The summed E-state index contributed by atoms with van der Waals surface area (Å²) in [4.78, 5) is 2.80. The normalized spacial score (nSPS) is 15.6. The molecular weight excluding hydrogens is 222 g/mol. The van der Waals surface area contributed by atoms with E-state index >= 15 is 0 Å². The average Bonchev–Trinajstić information content (AvgIpc) is 2.60. The first-order valence-electron chi connectivity index (χ1n) is 5.46. The summed E-state index contributed by atoms with van der Waals surface area (Å²) in [6, 6.07) is 4.40. The Hall–Kier alpha value is 0.01000. The SMILES string of the molecule is Cc1ccc(C(CN)SC(C)C(C)C)s1. The van der Waals surface area contributed by atoms with Gasteiger partial charge in [0.15, 0.2) is 0 Å². The van der Waals surface area contributed by atoms with Gasteiger partial charge in [-0.3, -0.25) is 0 Å². The molecule has 0 aromatic carbocycles. The molecule has 0 amide bonds. The average molecular weight is 243 g/mol. The molecule has 2 N–H and O–H groups in total. The van der Waals surface area contributed by atoms with Gasteiger partial charge in [-0.05, 0) is 25.0 Å². The summed E-state index contributed by atoms with van der Waals surface area (Å²) in [5.74, 6) is 0.713. The van der Waals surface area contributed by atoms with Crippen LogP contribution < -0.4 is 5.73 Å². The maximum absolute atomic E-state index is 5.85. The highest BCUT2D eigenvalue weighted by atomic mass is 32.2. The van der Waals surface area contributed by atoms with Crippen LogP contribution in [0.2, 0.25) is 0 Å². The highest BCUT2D eigenvalue weighted by Crippen LogP contribution is 2.37. The zero-order valence-corrected chi connectivity index (χ0v) is 11.6. The second-order valence-electron chi connectivity index (χ2n) is 4.26. The summed E-state index contributed by atoms with van der Waals surface area (Å²) in [5, 5.41) is 1.14. The highest BCUT2D eigenvalue weighted by Gasteiger charge is 2.17. The maximum atomic E-state index is 5.85. The number of hydrogen-bond acceptors (Lipinski definition) is 3. The minimum absolute atomic E-state index is 0.473. The molecule has 0 aliphatic carbocycles. The Morgan fingerprint density at radius 3 is 2.40 bits per heavy atom. The Bertz CT molecular complexity index is 294. The molecule has 1 rings (SSSR count). The van der Waals surface area contributed by atoms with Gasteiger partial charge in [-0.2, -0.15) is 0 Å². The molecule has 2 unspecified atom stereocenters. The lowest BCUT2D eigenvalue weighted by atomic mass is 10.2. The van der Waals surface area contributed by atoms with E-state index in [0.29, 0.717) is 16.4 Å². The predicted molar refractivity (Wildman–Crippen MR) is 72.7 cm³/mol. The molecule has 0 spiro atoms. The van der Waals surface area contributed by atoms with Crippen molar-refractivity contribution < 1.29 is 0 Å². The molecule has 0 radical (unpaired) electrons. The lowest BCUT2D eigenvalue weighted by Gasteiger charge is -2.21. The minimum Gasteiger partial charge on any atom is -0.329 e. The van der Waals surface area contributed by atoms with Crippen LogP contribution in [0.4, 0.5) is 0 Å². The molecule has 0 saturated carbocycles. The first-order valence-corrected chi connectivity index (χ1v) is 7.22. The van der Waals surface area contributed by atoms with Gasteiger partial charge >= 0.3 is 0 Å². The number of thioether (sulfide) groups is 1. The Morgan fingerprint density at radius 2 is 2.00 bits per heavy atom. The molecule has 1 aromatic heterocycles. The van der Waals surface area contributed by atoms with E-state index in [1.165, 1.54) is 9.75 Å². The quantitative estimate of drug-likeness (QED) is 0.850. The monoisotopic (exact) mass is 243 g/mol. The van der Waals surface area contributed by atoms with E-state index in [4.69, 9.17) is 5.73 Å². The van der Waals surface area contributed by atoms with E-state index < -0.39 is 0 Å². The zero-order chi connectivity index (χ0) is 11.4. The largest absolute Gasteiger partial charge is 0.329 e. The van der Waals surface area contributed by atoms with Crippen molar-refractivity contribution in [1.29, 1.82) is 0 Å². The summed E-state index contributed by atoms with van der Waals surface area (Å²) < 4.78 is 0. The van der Waals surface area contributed by atoms with E-state index in [2.05, 4.69) is 39.8 Å². The van der Waals surface area contributed by atoms with Gasteiger partial charge in [-0.25, -0.2) is 0 Å². The number of hydrogen-bond donors (Lipinski definition) is 1. The number of nitrogens with two attached hydrogens (primary N) is 1.